The van der Waals surface area contributed by atoms with Crippen LogP contribution in [0.2, 0.25) is 5.02 Å². The number of benzene rings is 3. The maximum absolute atomic E-state index is 14.1. The molecule has 0 radical (unpaired) electrons. The van der Waals surface area contributed by atoms with Crippen LogP contribution in [-0.4, -0.2) is 10.6 Å². The van der Waals surface area contributed by atoms with Crippen molar-refractivity contribution in [1.29, 1.82) is 0 Å². The normalized spacial score (nSPS) is 18.1. The Morgan fingerprint density at radius 1 is 1.03 bits per heavy atom. The van der Waals surface area contributed by atoms with E-state index in [2.05, 4.69) is 25.2 Å². The second-order valence-electron chi connectivity index (χ2n) is 8.57. The van der Waals surface area contributed by atoms with Crippen molar-refractivity contribution in [1.82, 2.24) is 0 Å². The number of halogens is 3. The summed E-state index contributed by atoms with van der Waals surface area (Å²) in [5.74, 6) is -1.43. The maximum atomic E-state index is 14.1. The molecule has 0 saturated carbocycles. The summed E-state index contributed by atoms with van der Waals surface area (Å²) in [5, 5.41) is 13.9. The molecule has 2 N–H and O–H groups in total. The molecule has 0 amide bonds. The van der Waals surface area contributed by atoms with E-state index in [0.717, 1.165) is 40.1 Å². The van der Waals surface area contributed by atoms with E-state index in [1.807, 2.05) is 19.1 Å². The molecule has 0 spiro atoms. The van der Waals surface area contributed by atoms with Gasteiger partial charge in [0.2, 0.25) is 0 Å². The molecule has 5 rings (SSSR count). The van der Waals surface area contributed by atoms with Gasteiger partial charge in [-0.2, -0.15) is 0 Å². The van der Waals surface area contributed by atoms with Gasteiger partial charge in [0, 0.05) is 27.9 Å². The minimum atomic E-state index is -0.937. The summed E-state index contributed by atoms with van der Waals surface area (Å²) < 4.78 is 34.1. The zero-order chi connectivity index (χ0) is 22.1. The Balaban J connectivity index is 1.84. The fourth-order valence-electron chi connectivity index (χ4n) is 4.63. The van der Waals surface area contributed by atoms with Gasteiger partial charge >= 0.3 is 0 Å². The zero-order valence-corrected chi connectivity index (χ0v) is 17.9. The summed E-state index contributed by atoms with van der Waals surface area (Å²) in [6.07, 6.45) is 1.44. The Hall–Kier alpha value is -3.05. The first kappa shape index (κ1) is 19.9. The van der Waals surface area contributed by atoms with E-state index in [4.69, 9.17) is 16.3 Å². The second-order valence-corrected chi connectivity index (χ2v) is 8.94. The fraction of sp³-hybridized carbons (Fsp3) is 0.200. The predicted molar refractivity (Wildman–Crippen MR) is 119 cm³/mol. The number of phenolic OH excluding ortho intramolecular Hbond substituents is 1. The summed E-state index contributed by atoms with van der Waals surface area (Å²) >= 11 is 6.47. The first-order chi connectivity index (χ1) is 14.7. The van der Waals surface area contributed by atoms with Crippen LogP contribution in [-0.2, 0) is 0 Å². The third-order valence-electron chi connectivity index (χ3n) is 5.78. The molecule has 1 unspecified atom stereocenters. The highest BCUT2D eigenvalue weighted by Crippen LogP contribution is 2.54. The maximum Gasteiger partial charge on any atom is 0.159 e. The van der Waals surface area contributed by atoms with Crippen molar-refractivity contribution >= 4 is 22.9 Å². The van der Waals surface area contributed by atoms with Crippen molar-refractivity contribution in [2.75, 3.05) is 5.32 Å². The van der Waals surface area contributed by atoms with Crippen LogP contribution < -0.4 is 10.1 Å². The lowest BCUT2D eigenvalue weighted by atomic mass is 9.80. The standard InChI is InChI=1S/C25H20ClF2NO2/c1-12-11-25(2,3)29-17-7-5-14-21-19(9-8-18(30)23(21)26)31-24(22(14)20(12)17)13-4-6-15(27)16(28)10-13/h4-11,24,29-30H,1-3H3. The van der Waals surface area contributed by atoms with Crippen molar-refractivity contribution in [2.24, 2.45) is 0 Å². The van der Waals surface area contributed by atoms with Gasteiger partial charge in [0.15, 0.2) is 17.7 Å². The number of nitrogens with one attached hydrogen (secondary N) is 1. The van der Waals surface area contributed by atoms with Gasteiger partial charge in [-0.05, 0) is 62.2 Å². The molecule has 0 saturated heterocycles. The highest BCUT2D eigenvalue weighted by atomic mass is 35.5. The Morgan fingerprint density at radius 2 is 1.81 bits per heavy atom. The summed E-state index contributed by atoms with van der Waals surface area (Å²) in [4.78, 5) is 0. The Kier molecular flexibility index (Phi) is 4.31. The Labute approximate surface area is 183 Å². The number of fused-ring (bicyclic) bond motifs is 5. The lowest BCUT2D eigenvalue weighted by Crippen LogP contribution is -2.32. The molecule has 3 nitrogen and oxygen atoms in total. The van der Waals surface area contributed by atoms with Gasteiger partial charge < -0.3 is 15.2 Å². The number of phenols is 1. The van der Waals surface area contributed by atoms with Crippen molar-refractivity contribution in [3.8, 4) is 22.6 Å². The molecular weight excluding hydrogens is 420 g/mol. The SMILES string of the molecule is CC1=CC(C)(C)Nc2ccc3c(c21)C(c1ccc(F)c(F)c1)Oc1ccc(O)c(Cl)c1-3. The number of hydrogen-bond donors (Lipinski definition) is 2. The molecule has 0 fully saturated rings. The monoisotopic (exact) mass is 439 g/mol. The highest BCUT2D eigenvalue weighted by Gasteiger charge is 2.36. The minimum absolute atomic E-state index is 0.0505. The quantitative estimate of drug-likeness (QED) is 0.425. The molecule has 31 heavy (non-hydrogen) atoms. The van der Waals surface area contributed by atoms with Crippen LogP contribution in [0.3, 0.4) is 0 Å². The van der Waals surface area contributed by atoms with Gasteiger partial charge in [0.25, 0.3) is 0 Å². The molecule has 0 bridgehead atoms. The summed E-state index contributed by atoms with van der Waals surface area (Å²) in [5.41, 5.74) is 5.27. The van der Waals surface area contributed by atoms with Crippen LogP contribution in [0.4, 0.5) is 14.5 Å². The van der Waals surface area contributed by atoms with E-state index in [1.165, 1.54) is 12.1 Å². The summed E-state index contributed by atoms with van der Waals surface area (Å²) in [6.45, 7) is 6.17. The first-order valence-corrected chi connectivity index (χ1v) is 10.3. The van der Waals surface area contributed by atoms with Gasteiger partial charge in [-0.15, -0.1) is 0 Å². The van der Waals surface area contributed by atoms with Gasteiger partial charge in [-0.3, -0.25) is 0 Å². The predicted octanol–water partition coefficient (Wildman–Crippen LogP) is 7.08. The molecular formula is C25H20ClF2NO2. The van der Waals surface area contributed by atoms with Crippen molar-refractivity contribution < 1.29 is 18.6 Å². The molecule has 2 aliphatic rings. The van der Waals surface area contributed by atoms with E-state index in [9.17, 15) is 13.9 Å². The molecule has 2 heterocycles. The van der Waals surface area contributed by atoms with Crippen LogP contribution in [0.1, 0.15) is 43.6 Å². The fourth-order valence-corrected chi connectivity index (χ4v) is 4.89. The highest BCUT2D eigenvalue weighted by molar-refractivity contribution is 6.35. The number of rotatable bonds is 1. The van der Waals surface area contributed by atoms with Gasteiger partial charge in [-0.25, -0.2) is 8.78 Å². The summed E-state index contributed by atoms with van der Waals surface area (Å²) in [6, 6.07) is 10.8. The van der Waals surface area contributed by atoms with Gasteiger partial charge in [0.05, 0.1) is 10.6 Å². The average Bonchev–Trinajstić information content (AvgIpc) is 2.70. The third kappa shape index (κ3) is 3.07. The van der Waals surface area contributed by atoms with Crippen LogP contribution in [0.15, 0.2) is 48.5 Å². The van der Waals surface area contributed by atoms with Crippen LogP contribution >= 0.6 is 11.6 Å². The van der Waals surface area contributed by atoms with Crippen molar-refractivity contribution in [3.63, 3.8) is 0 Å². The molecule has 6 heteroatoms. The van der Waals surface area contributed by atoms with E-state index in [-0.39, 0.29) is 16.3 Å². The van der Waals surface area contributed by atoms with E-state index < -0.39 is 17.7 Å². The minimum Gasteiger partial charge on any atom is -0.506 e. The third-order valence-corrected chi connectivity index (χ3v) is 6.16. The molecule has 0 aromatic heterocycles. The molecule has 2 aliphatic heterocycles. The Bertz CT molecular complexity index is 1280. The van der Waals surface area contributed by atoms with E-state index in [1.54, 1.807) is 6.07 Å². The lowest BCUT2D eigenvalue weighted by Gasteiger charge is -2.37. The largest absolute Gasteiger partial charge is 0.506 e. The summed E-state index contributed by atoms with van der Waals surface area (Å²) in [7, 11) is 0. The Morgan fingerprint density at radius 3 is 2.55 bits per heavy atom. The van der Waals surface area contributed by atoms with Crippen LogP contribution in [0, 0.1) is 11.6 Å². The van der Waals surface area contributed by atoms with Crippen LogP contribution in [0.25, 0.3) is 16.7 Å². The average molecular weight is 440 g/mol. The molecule has 3 aromatic rings. The molecule has 3 aromatic carbocycles. The number of anilines is 1. The van der Waals surface area contributed by atoms with Gasteiger partial charge in [0.1, 0.15) is 11.5 Å². The zero-order valence-electron chi connectivity index (χ0n) is 17.2. The van der Waals surface area contributed by atoms with Gasteiger partial charge in [-0.1, -0.05) is 29.8 Å². The number of allylic oxidation sites excluding steroid dienone is 1. The van der Waals surface area contributed by atoms with Crippen molar-refractivity contribution in [3.05, 3.63) is 81.9 Å². The number of ether oxygens (including phenoxy) is 1. The molecule has 0 aliphatic carbocycles. The number of hydrogen-bond acceptors (Lipinski definition) is 3. The van der Waals surface area contributed by atoms with E-state index in [0.29, 0.717) is 16.9 Å². The van der Waals surface area contributed by atoms with Crippen LogP contribution in [0.5, 0.6) is 11.5 Å². The number of aromatic hydroxyl groups is 1. The molecule has 158 valence electrons. The smallest absolute Gasteiger partial charge is 0.159 e. The second kappa shape index (κ2) is 6.72. The topological polar surface area (TPSA) is 41.5 Å². The van der Waals surface area contributed by atoms with E-state index >= 15 is 0 Å². The first-order valence-electron chi connectivity index (χ1n) is 9.94. The van der Waals surface area contributed by atoms with Crippen molar-refractivity contribution in [2.45, 2.75) is 32.4 Å². The molecule has 1 atom stereocenters. The lowest BCUT2D eigenvalue weighted by molar-refractivity contribution is 0.242.